The van der Waals surface area contributed by atoms with Gasteiger partial charge in [-0.05, 0) is 63.5 Å². The van der Waals surface area contributed by atoms with Gasteiger partial charge in [-0.2, -0.15) is 0 Å². The van der Waals surface area contributed by atoms with Crippen molar-refractivity contribution < 1.29 is 4.79 Å². The molecule has 0 saturated carbocycles. The number of hydrogen-bond acceptors (Lipinski definition) is 2. The van der Waals surface area contributed by atoms with E-state index >= 15 is 0 Å². The Morgan fingerprint density at radius 3 is 1.88 bits per heavy atom. The van der Waals surface area contributed by atoms with Crippen LogP contribution in [0.4, 0.5) is 10.5 Å². The molecule has 1 aliphatic rings. The number of carbonyl (C=O) groups excluding carboxylic acids is 1. The Morgan fingerprint density at radius 1 is 1.00 bits per heavy atom. The van der Waals surface area contributed by atoms with Gasteiger partial charge in [0, 0.05) is 22.8 Å². The van der Waals surface area contributed by atoms with Crippen LogP contribution in [0.15, 0.2) is 18.2 Å². The van der Waals surface area contributed by atoms with E-state index in [-0.39, 0.29) is 23.2 Å². The Bertz CT molecular complexity index is 605. The van der Waals surface area contributed by atoms with E-state index in [9.17, 15) is 4.79 Å². The summed E-state index contributed by atoms with van der Waals surface area (Å²) in [5.41, 5.74) is 3.38. The summed E-state index contributed by atoms with van der Waals surface area (Å²) in [6, 6.07) is 6.38. The van der Waals surface area contributed by atoms with Crippen LogP contribution in [0.1, 0.15) is 91.2 Å². The first-order valence-electron chi connectivity index (χ1n) is 9.90. The van der Waals surface area contributed by atoms with Gasteiger partial charge in [0.2, 0.25) is 0 Å². The van der Waals surface area contributed by atoms with E-state index in [1.54, 1.807) is 0 Å². The summed E-state index contributed by atoms with van der Waals surface area (Å²) in [5, 5.41) is 10.1. The Kier molecular flexibility index (Phi) is 6.06. The lowest BCUT2D eigenvalue weighted by molar-refractivity contribution is 0.149. The van der Waals surface area contributed by atoms with Crippen LogP contribution in [-0.2, 0) is 0 Å². The summed E-state index contributed by atoms with van der Waals surface area (Å²) in [7, 11) is 0. The van der Waals surface area contributed by atoms with Crippen molar-refractivity contribution in [1.29, 1.82) is 0 Å². The lowest BCUT2D eigenvalue weighted by Crippen LogP contribution is -2.62. The zero-order chi connectivity index (χ0) is 19.7. The maximum Gasteiger partial charge on any atom is 0.319 e. The number of urea groups is 1. The first-order chi connectivity index (χ1) is 11.9. The second-order valence-corrected chi connectivity index (χ2v) is 9.72. The zero-order valence-corrected chi connectivity index (χ0v) is 17.8. The highest BCUT2D eigenvalue weighted by molar-refractivity contribution is 5.91. The molecule has 26 heavy (non-hydrogen) atoms. The molecule has 1 fully saturated rings. The predicted octanol–water partition coefficient (Wildman–Crippen LogP) is 5.36. The van der Waals surface area contributed by atoms with E-state index in [0.29, 0.717) is 11.8 Å². The van der Waals surface area contributed by atoms with E-state index in [2.05, 4.69) is 89.5 Å². The second-order valence-electron chi connectivity index (χ2n) is 9.72. The number of anilines is 1. The first-order valence-corrected chi connectivity index (χ1v) is 9.90. The third-order valence-electron chi connectivity index (χ3n) is 5.14. The molecule has 146 valence electrons. The van der Waals surface area contributed by atoms with Crippen LogP contribution in [0, 0.1) is 0 Å². The Balaban J connectivity index is 2.18. The topological polar surface area (TPSA) is 53.2 Å². The highest BCUT2D eigenvalue weighted by Crippen LogP contribution is 2.33. The molecule has 0 spiro atoms. The van der Waals surface area contributed by atoms with Crippen molar-refractivity contribution in [3.05, 3.63) is 29.3 Å². The molecule has 0 radical (unpaired) electrons. The van der Waals surface area contributed by atoms with Crippen molar-refractivity contribution in [3.8, 4) is 0 Å². The third-order valence-corrected chi connectivity index (χ3v) is 5.14. The number of benzene rings is 1. The zero-order valence-electron chi connectivity index (χ0n) is 17.8. The molecule has 1 aromatic carbocycles. The van der Waals surface area contributed by atoms with E-state index in [1.807, 2.05) is 0 Å². The minimum absolute atomic E-state index is 0.0125. The van der Waals surface area contributed by atoms with Gasteiger partial charge in [-0.25, -0.2) is 4.79 Å². The van der Waals surface area contributed by atoms with Gasteiger partial charge in [0.05, 0.1) is 0 Å². The molecular weight excluding hydrogens is 322 g/mol. The van der Waals surface area contributed by atoms with Crippen LogP contribution in [0.5, 0.6) is 0 Å². The van der Waals surface area contributed by atoms with Crippen LogP contribution in [0.3, 0.4) is 0 Å². The fourth-order valence-electron chi connectivity index (χ4n) is 4.45. The number of nitrogens with one attached hydrogen (secondary N) is 3. The van der Waals surface area contributed by atoms with Crippen molar-refractivity contribution in [2.75, 3.05) is 5.32 Å². The SMILES string of the molecule is CC(C)c1cccc(C(C)C)c1NC(=O)NC1CC(C)(C)NC(C)(C)C1. The number of hydrogen-bond donors (Lipinski definition) is 3. The van der Waals surface area contributed by atoms with Gasteiger partial charge >= 0.3 is 6.03 Å². The molecule has 0 aliphatic carbocycles. The number of amides is 2. The van der Waals surface area contributed by atoms with Crippen LogP contribution < -0.4 is 16.0 Å². The summed E-state index contributed by atoms with van der Waals surface area (Å²) >= 11 is 0. The lowest BCUT2D eigenvalue weighted by Gasteiger charge is -2.46. The fourth-order valence-corrected chi connectivity index (χ4v) is 4.45. The highest BCUT2D eigenvalue weighted by atomic mass is 16.2. The molecule has 1 heterocycles. The molecule has 1 aromatic rings. The maximum absolute atomic E-state index is 12.8. The quantitative estimate of drug-likeness (QED) is 0.677. The summed E-state index contributed by atoms with van der Waals surface area (Å²) in [5.74, 6) is 0.724. The fraction of sp³-hybridized carbons (Fsp3) is 0.682. The molecule has 3 N–H and O–H groups in total. The average molecular weight is 360 g/mol. The predicted molar refractivity (Wildman–Crippen MR) is 111 cm³/mol. The van der Waals surface area contributed by atoms with Crippen molar-refractivity contribution in [2.45, 2.75) is 97.2 Å². The maximum atomic E-state index is 12.8. The van der Waals surface area contributed by atoms with E-state index in [4.69, 9.17) is 0 Å². The number of para-hydroxylation sites is 1. The van der Waals surface area contributed by atoms with Crippen molar-refractivity contribution in [1.82, 2.24) is 10.6 Å². The van der Waals surface area contributed by atoms with Gasteiger partial charge in [0.25, 0.3) is 0 Å². The Morgan fingerprint density at radius 2 is 1.46 bits per heavy atom. The minimum Gasteiger partial charge on any atom is -0.335 e. The van der Waals surface area contributed by atoms with Crippen LogP contribution >= 0.6 is 0 Å². The van der Waals surface area contributed by atoms with Gasteiger partial charge in [-0.3, -0.25) is 0 Å². The minimum atomic E-state index is -0.0986. The normalized spacial score (nSPS) is 19.6. The monoisotopic (exact) mass is 359 g/mol. The molecule has 4 heteroatoms. The molecule has 0 unspecified atom stereocenters. The number of carbonyl (C=O) groups is 1. The first kappa shape index (κ1) is 20.8. The van der Waals surface area contributed by atoms with Gasteiger partial charge in [-0.15, -0.1) is 0 Å². The molecule has 0 atom stereocenters. The summed E-state index contributed by atoms with van der Waals surface area (Å²) in [6.45, 7) is 17.5. The molecule has 2 amide bonds. The molecule has 1 saturated heterocycles. The Hall–Kier alpha value is -1.55. The van der Waals surface area contributed by atoms with Gasteiger partial charge < -0.3 is 16.0 Å². The van der Waals surface area contributed by atoms with Crippen LogP contribution in [-0.4, -0.2) is 23.2 Å². The van der Waals surface area contributed by atoms with Gasteiger partial charge in [0.1, 0.15) is 0 Å². The molecule has 0 aromatic heterocycles. The lowest BCUT2D eigenvalue weighted by atomic mass is 9.80. The van der Waals surface area contributed by atoms with Crippen molar-refractivity contribution in [3.63, 3.8) is 0 Å². The summed E-state index contributed by atoms with van der Waals surface area (Å²) in [4.78, 5) is 12.8. The van der Waals surface area contributed by atoms with E-state index < -0.39 is 0 Å². The van der Waals surface area contributed by atoms with Crippen LogP contribution in [0.25, 0.3) is 0 Å². The molecule has 4 nitrogen and oxygen atoms in total. The number of piperidine rings is 1. The average Bonchev–Trinajstić information content (AvgIpc) is 2.42. The second kappa shape index (κ2) is 7.59. The highest BCUT2D eigenvalue weighted by Gasteiger charge is 2.38. The van der Waals surface area contributed by atoms with Gasteiger partial charge in [0.15, 0.2) is 0 Å². The van der Waals surface area contributed by atoms with Crippen LogP contribution in [0.2, 0.25) is 0 Å². The van der Waals surface area contributed by atoms with Gasteiger partial charge in [-0.1, -0.05) is 45.9 Å². The Labute approximate surface area is 159 Å². The molecule has 0 bridgehead atoms. The molecular formula is C22H37N3O. The van der Waals surface area contributed by atoms with E-state index in [0.717, 1.165) is 18.5 Å². The van der Waals surface area contributed by atoms with Crippen molar-refractivity contribution >= 4 is 11.7 Å². The molecule has 2 rings (SSSR count). The summed E-state index contributed by atoms with van der Waals surface area (Å²) in [6.07, 6.45) is 1.85. The largest absolute Gasteiger partial charge is 0.335 e. The smallest absolute Gasteiger partial charge is 0.319 e. The summed E-state index contributed by atoms with van der Waals surface area (Å²) < 4.78 is 0. The van der Waals surface area contributed by atoms with E-state index in [1.165, 1.54) is 11.1 Å². The number of rotatable bonds is 4. The third kappa shape index (κ3) is 5.23. The van der Waals surface area contributed by atoms with Crippen molar-refractivity contribution in [2.24, 2.45) is 0 Å². The standard InChI is InChI=1S/C22H37N3O/c1-14(2)17-10-9-11-18(15(3)4)19(17)24-20(26)23-16-12-21(5,6)25-22(7,8)13-16/h9-11,14-16,25H,12-13H2,1-8H3,(H2,23,24,26). The molecule has 1 aliphatic heterocycles.